The van der Waals surface area contributed by atoms with E-state index in [4.69, 9.17) is 4.74 Å². The fourth-order valence-electron chi connectivity index (χ4n) is 4.41. The summed E-state index contributed by atoms with van der Waals surface area (Å²) >= 11 is 0. The largest absolute Gasteiger partial charge is 0.385 e. The van der Waals surface area contributed by atoms with Gasteiger partial charge in [-0.15, -0.1) is 0 Å². The van der Waals surface area contributed by atoms with Gasteiger partial charge in [0.15, 0.2) is 0 Å². The van der Waals surface area contributed by atoms with E-state index in [0.717, 1.165) is 5.56 Å². The maximum atomic E-state index is 13.0. The molecule has 1 atom stereocenters. The second kappa shape index (κ2) is 9.45. The number of likely N-dealkylation sites (N-methyl/N-ethyl adjacent to an activating group) is 1. The number of sulfonamides is 1. The van der Waals surface area contributed by atoms with Crippen molar-refractivity contribution in [3.63, 3.8) is 0 Å². The molecule has 2 aliphatic heterocycles. The average molecular weight is 438 g/mol. The van der Waals surface area contributed by atoms with Crippen LogP contribution < -0.4 is 5.32 Å². The summed E-state index contributed by atoms with van der Waals surface area (Å²) in [6.07, 6.45) is 2.03. The van der Waals surface area contributed by atoms with Crippen LogP contribution in [0.15, 0.2) is 30.3 Å². The fraction of sp³-hybridized carbons (Fsp3) is 0.619. The van der Waals surface area contributed by atoms with Crippen LogP contribution in [-0.2, 0) is 30.1 Å². The summed E-state index contributed by atoms with van der Waals surface area (Å²) in [6, 6.07) is 8.59. The van der Waals surface area contributed by atoms with E-state index in [0.29, 0.717) is 51.9 Å². The Labute approximate surface area is 178 Å². The van der Waals surface area contributed by atoms with E-state index in [-0.39, 0.29) is 17.6 Å². The van der Waals surface area contributed by atoms with Gasteiger partial charge >= 0.3 is 0 Å². The third-order valence-electron chi connectivity index (χ3n) is 6.22. The quantitative estimate of drug-likeness (QED) is 0.612. The first-order chi connectivity index (χ1) is 14.3. The number of rotatable bonds is 8. The SMILES string of the molecule is COCCCNC(=O)[C@@H]1CC2(CCN(S(=O)(=O)Cc3ccccc3)CC2)C(=O)N1C. The third-order valence-corrected chi connectivity index (χ3v) is 8.07. The number of carbonyl (C=O) groups excluding carboxylic acids is 2. The molecule has 0 saturated carbocycles. The highest BCUT2D eigenvalue weighted by Gasteiger charge is 2.54. The van der Waals surface area contributed by atoms with Crippen LogP contribution in [0.25, 0.3) is 0 Å². The third kappa shape index (κ3) is 4.84. The molecule has 0 bridgehead atoms. The molecule has 0 radical (unpaired) electrons. The van der Waals surface area contributed by atoms with Gasteiger partial charge in [-0.05, 0) is 31.2 Å². The Kier molecular flexibility index (Phi) is 7.15. The summed E-state index contributed by atoms with van der Waals surface area (Å²) in [5, 5.41) is 2.87. The normalized spacial score (nSPS) is 21.9. The number of amides is 2. The molecule has 2 amide bonds. The van der Waals surface area contributed by atoms with Crippen molar-refractivity contribution in [2.45, 2.75) is 37.5 Å². The van der Waals surface area contributed by atoms with Gasteiger partial charge in [0.25, 0.3) is 0 Å². The summed E-state index contributed by atoms with van der Waals surface area (Å²) in [7, 11) is -0.169. The zero-order valence-corrected chi connectivity index (χ0v) is 18.5. The van der Waals surface area contributed by atoms with Crippen molar-refractivity contribution in [1.82, 2.24) is 14.5 Å². The van der Waals surface area contributed by atoms with E-state index in [9.17, 15) is 18.0 Å². The maximum absolute atomic E-state index is 13.0. The maximum Gasteiger partial charge on any atom is 0.242 e. The van der Waals surface area contributed by atoms with Gasteiger partial charge in [0, 0.05) is 40.4 Å². The highest BCUT2D eigenvalue weighted by molar-refractivity contribution is 7.88. The molecule has 2 fully saturated rings. The van der Waals surface area contributed by atoms with Crippen molar-refractivity contribution >= 4 is 21.8 Å². The molecule has 2 heterocycles. The number of nitrogens with zero attached hydrogens (tertiary/aromatic N) is 2. The van der Waals surface area contributed by atoms with Crippen molar-refractivity contribution in [2.75, 3.05) is 40.4 Å². The van der Waals surface area contributed by atoms with Crippen molar-refractivity contribution in [2.24, 2.45) is 5.41 Å². The standard InChI is InChI=1S/C21H31N3O5S/c1-23-18(19(25)22-11-6-14-29-2)15-21(20(23)26)9-12-24(13-10-21)30(27,28)16-17-7-4-3-5-8-17/h3-5,7-8,18H,6,9-16H2,1-2H3,(H,22,25)/t18-/m0/s1. The monoisotopic (exact) mass is 437 g/mol. The predicted molar refractivity (Wildman–Crippen MR) is 113 cm³/mol. The van der Waals surface area contributed by atoms with E-state index in [2.05, 4.69) is 5.32 Å². The molecule has 1 N–H and O–H groups in total. The molecule has 2 saturated heterocycles. The van der Waals surface area contributed by atoms with Crippen LogP contribution in [0.1, 0.15) is 31.2 Å². The lowest BCUT2D eigenvalue weighted by Gasteiger charge is -2.37. The van der Waals surface area contributed by atoms with Gasteiger partial charge in [-0.3, -0.25) is 9.59 Å². The van der Waals surface area contributed by atoms with Crippen molar-refractivity contribution < 1.29 is 22.7 Å². The van der Waals surface area contributed by atoms with E-state index in [1.54, 1.807) is 26.3 Å². The number of ether oxygens (including phenoxy) is 1. The highest BCUT2D eigenvalue weighted by Crippen LogP contribution is 2.44. The fourth-order valence-corrected chi connectivity index (χ4v) is 5.95. The van der Waals surface area contributed by atoms with E-state index >= 15 is 0 Å². The van der Waals surface area contributed by atoms with Crippen molar-refractivity contribution in [1.29, 1.82) is 0 Å². The first-order valence-electron chi connectivity index (χ1n) is 10.3. The van der Waals surface area contributed by atoms with E-state index < -0.39 is 21.5 Å². The van der Waals surface area contributed by atoms with E-state index in [1.807, 2.05) is 18.2 Å². The summed E-state index contributed by atoms with van der Waals surface area (Å²) in [4.78, 5) is 27.1. The van der Waals surface area contributed by atoms with Crippen LogP contribution in [0.5, 0.6) is 0 Å². The van der Waals surface area contributed by atoms with Crippen LogP contribution in [-0.4, -0.2) is 75.9 Å². The molecule has 166 valence electrons. The van der Waals surface area contributed by atoms with Gasteiger partial charge in [-0.2, -0.15) is 0 Å². The Morgan fingerprint density at radius 3 is 2.53 bits per heavy atom. The van der Waals surface area contributed by atoms with Gasteiger partial charge in [0.1, 0.15) is 6.04 Å². The number of methoxy groups -OCH3 is 1. The lowest BCUT2D eigenvalue weighted by Crippen LogP contribution is -2.46. The molecule has 30 heavy (non-hydrogen) atoms. The minimum atomic E-state index is -3.44. The number of carbonyl (C=O) groups is 2. The van der Waals surface area contributed by atoms with E-state index in [1.165, 1.54) is 9.21 Å². The van der Waals surface area contributed by atoms with Gasteiger partial charge in [-0.25, -0.2) is 12.7 Å². The number of likely N-dealkylation sites (tertiary alicyclic amines) is 1. The number of hydrogen-bond acceptors (Lipinski definition) is 5. The van der Waals surface area contributed by atoms with Crippen LogP contribution in [0, 0.1) is 5.41 Å². The average Bonchev–Trinajstić information content (AvgIpc) is 2.97. The zero-order chi connectivity index (χ0) is 21.8. The number of nitrogens with one attached hydrogen (secondary N) is 1. The number of piperidine rings is 1. The lowest BCUT2D eigenvalue weighted by atomic mass is 9.76. The molecule has 0 unspecified atom stereocenters. The van der Waals surface area contributed by atoms with Crippen LogP contribution in [0.2, 0.25) is 0 Å². The molecular weight excluding hydrogens is 406 g/mol. The van der Waals surface area contributed by atoms with Crippen molar-refractivity contribution in [3.05, 3.63) is 35.9 Å². The Balaban J connectivity index is 1.60. The molecule has 3 rings (SSSR count). The smallest absolute Gasteiger partial charge is 0.242 e. The summed E-state index contributed by atoms with van der Waals surface area (Å²) in [5.74, 6) is -0.251. The van der Waals surface area contributed by atoms with Gasteiger partial charge < -0.3 is 15.0 Å². The molecule has 1 spiro atoms. The minimum absolute atomic E-state index is 0.0405. The number of benzene rings is 1. The molecule has 9 heteroatoms. The predicted octanol–water partition coefficient (Wildman–Crippen LogP) is 0.982. The zero-order valence-electron chi connectivity index (χ0n) is 17.7. The number of hydrogen-bond donors (Lipinski definition) is 1. The van der Waals surface area contributed by atoms with Crippen LogP contribution in [0.4, 0.5) is 0 Å². The minimum Gasteiger partial charge on any atom is -0.385 e. The summed E-state index contributed by atoms with van der Waals surface area (Å²) in [5.41, 5.74) is 0.0990. The summed E-state index contributed by atoms with van der Waals surface area (Å²) < 4.78 is 32.1. The first-order valence-corrected chi connectivity index (χ1v) is 12.0. The van der Waals surface area contributed by atoms with Crippen LogP contribution >= 0.6 is 0 Å². The lowest BCUT2D eigenvalue weighted by molar-refractivity contribution is -0.139. The topological polar surface area (TPSA) is 96.0 Å². The Bertz CT molecular complexity index is 851. The highest BCUT2D eigenvalue weighted by atomic mass is 32.2. The van der Waals surface area contributed by atoms with Crippen LogP contribution in [0.3, 0.4) is 0 Å². The van der Waals surface area contributed by atoms with Gasteiger partial charge in [-0.1, -0.05) is 30.3 Å². The van der Waals surface area contributed by atoms with Gasteiger partial charge in [0.2, 0.25) is 21.8 Å². The second-order valence-corrected chi connectivity index (χ2v) is 10.2. The first kappa shape index (κ1) is 22.7. The molecule has 1 aromatic carbocycles. The molecule has 8 nitrogen and oxygen atoms in total. The Morgan fingerprint density at radius 2 is 1.90 bits per heavy atom. The summed E-state index contributed by atoms with van der Waals surface area (Å²) in [6.45, 7) is 1.68. The van der Waals surface area contributed by atoms with Gasteiger partial charge in [0.05, 0.1) is 11.2 Å². The second-order valence-electron chi connectivity index (χ2n) is 8.19. The Morgan fingerprint density at radius 1 is 1.23 bits per heavy atom. The molecule has 1 aromatic rings. The molecule has 2 aliphatic rings. The molecule has 0 aliphatic carbocycles. The Hall–Kier alpha value is -1.97. The van der Waals surface area contributed by atoms with Crippen molar-refractivity contribution in [3.8, 4) is 0 Å². The molecular formula is C21H31N3O5S. The molecule has 0 aromatic heterocycles.